The molecular weight excluding hydrogens is 283 g/mol. The summed E-state index contributed by atoms with van der Waals surface area (Å²) in [6.07, 6.45) is -1.29. The predicted molar refractivity (Wildman–Crippen MR) is 71.3 cm³/mol. The molecule has 2 N–H and O–H groups in total. The van der Waals surface area contributed by atoms with Crippen LogP contribution in [0, 0.1) is 0 Å². The van der Waals surface area contributed by atoms with E-state index < -0.39 is 17.8 Å². The van der Waals surface area contributed by atoms with E-state index in [1.54, 1.807) is 0 Å². The van der Waals surface area contributed by atoms with Crippen LogP contribution in [0.2, 0.25) is 0 Å². The van der Waals surface area contributed by atoms with E-state index in [0.29, 0.717) is 12.0 Å². The molecule has 0 fully saturated rings. The summed E-state index contributed by atoms with van der Waals surface area (Å²) in [6.45, 7) is -0.114. The van der Waals surface area contributed by atoms with Crippen LogP contribution >= 0.6 is 0 Å². The number of allylic oxidation sites excluding steroid dienone is 1. The van der Waals surface area contributed by atoms with Crippen LogP contribution in [-0.2, 0) is 11.0 Å². The molecule has 1 aromatic rings. The summed E-state index contributed by atoms with van der Waals surface area (Å²) < 4.78 is 37.8. The lowest BCUT2D eigenvalue weighted by Gasteiger charge is -2.14. The minimum absolute atomic E-state index is 0.114. The van der Waals surface area contributed by atoms with Gasteiger partial charge in [0.1, 0.15) is 0 Å². The zero-order valence-corrected chi connectivity index (χ0v) is 11.3. The molecule has 0 heterocycles. The number of carbonyl (C=O) groups excluding carboxylic acids is 1. The van der Waals surface area contributed by atoms with Crippen LogP contribution in [0.5, 0.6) is 0 Å². The van der Waals surface area contributed by atoms with E-state index in [4.69, 9.17) is 0 Å². The Kier molecular flexibility index (Phi) is 4.67. The maximum absolute atomic E-state index is 12.6. The number of carbonyl (C=O) groups is 1. The second kappa shape index (κ2) is 6.30. The van der Waals surface area contributed by atoms with Crippen molar-refractivity contribution in [2.24, 2.45) is 0 Å². The Hall–Kier alpha value is -1.82. The van der Waals surface area contributed by atoms with Gasteiger partial charge in [0.25, 0.3) is 0 Å². The Labute approximate surface area is 120 Å². The lowest BCUT2D eigenvalue weighted by Crippen LogP contribution is -2.29. The Morgan fingerprint density at radius 2 is 2.14 bits per heavy atom. The number of hydrogen-bond donors (Lipinski definition) is 2. The topological polar surface area (TPSA) is 49.3 Å². The number of halogens is 3. The lowest BCUT2D eigenvalue weighted by molar-refractivity contribution is -0.137. The molecule has 0 aromatic heterocycles. The highest BCUT2D eigenvalue weighted by atomic mass is 19.4. The highest BCUT2D eigenvalue weighted by Crippen LogP contribution is 2.30. The number of amides is 1. The molecule has 0 spiro atoms. The molecule has 0 saturated heterocycles. The quantitative estimate of drug-likeness (QED) is 0.898. The Balaban J connectivity index is 1.97. The summed E-state index contributed by atoms with van der Waals surface area (Å²) >= 11 is 0. The van der Waals surface area contributed by atoms with Crippen molar-refractivity contribution >= 4 is 5.91 Å². The summed E-state index contributed by atoms with van der Waals surface area (Å²) in [5.74, 6) is -0.265. The van der Waals surface area contributed by atoms with Gasteiger partial charge in [-0.25, -0.2) is 0 Å². The van der Waals surface area contributed by atoms with Crippen molar-refractivity contribution in [1.29, 1.82) is 0 Å². The molecule has 21 heavy (non-hydrogen) atoms. The maximum Gasteiger partial charge on any atom is 0.416 e. The second-order valence-corrected chi connectivity index (χ2v) is 4.97. The average Bonchev–Trinajstić information content (AvgIpc) is 2.98. The van der Waals surface area contributed by atoms with Crippen molar-refractivity contribution in [2.45, 2.75) is 31.5 Å². The van der Waals surface area contributed by atoms with Gasteiger partial charge in [0.15, 0.2) is 0 Å². The van der Waals surface area contributed by atoms with Crippen molar-refractivity contribution in [3.63, 3.8) is 0 Å². The molecule has 1 aromatic carbocycles. The molecular formula is C15H16F3NO2. The first-order chi connectivity index (χ1) is 9.88. The Morgan fingerprint density at radius 1 is 1.38 bits per heavy atom. The van der Waals surface area contributed by atoms with Crippen LogP contribution in [-0.4, -0.2) is 17.6 Å². The molecule has 0 bridgehead atoms. The van der Waals surface area contributed by atoms with Crippen LogP contribution in [0.25, 0.3) is 0 Å². The lowest BCUT2D eigenvalue weighted by atomic mass is 10.1. The molecule has 1 unspecified atom stereocenters. The summed E-state index contributed by atoms with van der Waals surface area (Å²) in [5.41, 5.74) is -0.0133. The van der Waals surface area contributed by atoms with Crippen LogP contribution in [0.1, 0.15) is 36.5 Å². The third-order valence-corrected chi connectivity index (χ3v) is 3.39. The van der Waals surface area contributed by atoms with E-state index in [9.17, 15) is 23.1 Å². The number of aliphatic hydroxyl groups is 1. The van der Waals surface area contributed by atoms with Crippen molar-refractivity contribution in [2.75, 3.05) is 6.54 Å². The van der Waals surface area contributed by atoms with E-state index in [1.165, 1.54) is 12.1 Å². The van der Waals surface area contributed by atoms with E-state index in [1.807, 2.05) is 6.08 Å². The number of nitrogens with one attached hydrogen (secondary N) is 1. The van der Waals surface area contributed by atoms with Crippen LogP contribution in [0.4, 0.5) is 13.2 Å². The summed E-state index contributed by atoms with van der Waals surface area (Å²) in [7, 11) is 0. The Bertz CT molecular complexity index is 552. The molecule has 0 radical (unpaired) electrons. The maximum atomic E-state index is 12.6. The number of rotatable bonds is 4. The van der Waals surface area contributed by atoms with Gasteiger partial charge in [-0.3, -0.25) is 4.79 Å². The number of aliphatic hydroxyl groups excluding tert-OH is 1. The monoisotopic (exact) mass is 299 g/mol. The van der Waals surface area contributed by atoms with E-state index in [0.717, 1.165) is 25.0 Å². The first kappa shape index (κ1) is 15.6. The molecule has 1 aliphatic rings. The Morgan fingerprint density at radius 3 is 2.76 bits per heavy atom. The zero-order chi connectivity index (χ0) is 15.5. The third-order valence-electron chi connectivity index (χ3n) is 3.39. The van der Waals surface area contributed by atoms with Crippen molar-refractivity contribution in [3.8, 4) is 0 Å². The molecule has 1 atom stereocenters. The smallest absolute Gasteiger partial charge is 0.387 e. The van der Waals surface area contributed by atoms with Gasteiger partial charge in [0.05, 0.1) is 11.7 Å². The van der Waals surface area contributed by atoms with Gasteiger partial charge < -0.3 is 10.4 Å². The van der Waals surface area contributed by atoms with Gasteiger partial charge in [-0.2, -0.15) is 13.2 Å². The molecule has 0 saturated carbocycles. The number of alkyl halides is 3. The zero-order valence-electron chi connectivity index (χ0n) is 11.3. The number of benzene rings is 1. The highest BCUT2D eigenvalue weighted by molar-refractivity contribution is 5.93. The van der Waals surface area contributed by atoms with Crippen LogP contribution in [0.15, 0.2) is 35.9 Å². The summed E-state index contributed by atoms with van der Waals surface area (Å²) in [5, 5.41) is 12.4. The van der Waals surface area contributed by atoms with Gasteiger partial charge in [-0.15, -0.1) is 0 Å². The predicted octanol–water partition coefficient (Wildman–Crippen LogP) is 2.97. The van der Waals surface area contributed by atoms with E-state index in [2.05, 4.69) is 5.32 Å². The summed E-state index contributed by atoms with van der Waals surface area (Å²) in [4.78, 5) is 11.7. The molecule has 1 aliphatic carbocycles. The molecule has 2 rings (SSSR count). The van der Waals surface area contributed by atoms with E-state index >= 15 is 0 Å². The SMILES string of the molecule is O=C(NCC(O)c1cccc(C(F)(F)F)c1)C1=CCCC1. The highest BCUT2D eigenvalue weighted by Gasteiger charge is 2.30. The van der Waals surface area contributed by atoms with Crippen LogP contribution < -0.4 is 5.32 Å². The van der Waals surface area contributed by atoms with Crippen molar-refractivity contribution in [3.05, 3.63) is 47.0 Å². The fourth-order valence-corrected chi connectivity index (χ4v) is 2.22. The van der Waals surface area contributed by atoms with Crippen molar-refractivity contribution in [1.82, 2.24) is 5.32 Å². The normalized spacial score (nSPS) is 16.5. The third kappa shape index (κ3) is 4.07. The van der Waals surface area contributed by atoms with Crippen LogP contribution in [0.3, 0.4) is 0 Å². The number of hydrogen-bond acceptors (Lipinski definition) is 2. The van der Waals surface area contributed by atoms with Gasteiger partial charge in [-0.1, -0.05) is 18.2 Å². The standard InChI is InChI=1S/C15H16F3NO2/c16-15(17,18)12-7-3-6-11(8-12)13(20)9-19-14(21)10-4-1-2-5-10/h3-4,6-8,13,20H,1-2,5,9H2,(H,19,21). The van der Waals surface area contributed by atoms with Crippen molar-refractivity contribution < 1.29 is 23.1 Å². The molecule has 1 amide bonds. The first-order valence-corrected chi connectivity index (χ1v) is 6.70. The van der Waals surface area contributed by atoms with E-state index in [-0.39, 0.29) is 18.0 Å². The fourth-order valence-electron chi connectivity index (χ4n) is 2.22. The average molecular weight is 299 g/mol. The van der Waals surface area contributed by atoms with Gasteiger partial charge >= 0.3 is 6.18 Å². The molecule has 3 nitrogen and oxygen atoms in total. The largest absolute Gasteiger partial charge is 0.416 e. The first-order valence-electron chi connectivity index (χ1n) is 6.70. The van der Waals surface area contributed by atoms with Gasteiger partial charge in [-0.05, 0) is 37.0 Å². The van der Waals surface area contributed by atoms with Gasteiger partial charge in [0.2, 0.25) is 5.91 Å². The molecule has 0 aliphatic heterocycles. The molecule has 6 heteroatoms. The minimum Gasteiger partial charge on any atom is -0.387 e. The second-order valence-electron chi connectivity index (χ2n) is 4.97. The molecule has 114 valence electrons. The fraction of sp³-hybridized carbons (Fsp3) is 0.400. The minimum atomic E-state index is -4.45. The summed E-state index contributed by atoms with van der Waals surface area (Å²) in [6, 6.07) is 4.48. The van der Waals surface area contributed by atoms with Gasteiger partial charge in [0, 0.05) is 12.1 Å².